The molecule has 0 aliphatic carbocycles. The van der Waals surface area contributed by atoms with Crippen molar-refractivity contribution in [2.24, 2.45) is 5.16 Å². The average molecular weight is 496 g/mol. The summed E-state index contributed by atoms with van der Waals surface area (Å²) in [6.45, 7) is 3.96. The predicted octanol–water partition coefficient (Wildman–Crippen LogP) is 5.78. The number of hydrogen-bond donors (Lipinski definition) is 1. The Kier molecular flexibility index (Phi) is 6.42. The molecule has 1 unspecified atom stereocenters. The van der Waals surface area contributed by atoms with Crippen molar-refractivity contribution in [1.82, 2.24) is 9.78 Å². The van der Waals surface area contributed by atoms with Gasteiger partial charge in [0.1, 0.15) is 5.82 Å². The van der Waals surface area contributed by atoms with Crippen molar-refractivity contribution in [3.63, 3.8) is 0 Å². The van der Waals surface area contributed by atoms with E-state index in [9.17, 15) is 9.18 Å². The minimum atomic E-state index is -0.916. The van der Waals surface area contributed by atoms with Gasteiger partial charge in [-0.05, 0) is 38.1 Å². The molecule has 1 aliphatic rings. The largest absolute Gasteiger partial charge is 0.382 e. The molecule has 32 heavy (non-hydrogen) atoms. The number of rotatable bonds is 5. The fraction of sp³-hybridized carbons (Fsp3) is 0.227. The highest BCUT2D eigenvalue weighted by molar-refractivity contribution is 6.36. The molecule has 3 aromatic rings. The molecule has 1 amide bonds. The number of benzene rings is 2. The van der Waals surface area contributed by atoms with Gasteiger partial charge in [-0.15, -0.1) is 0 Å². The van der Waals surface area contributed by atoms with E-state index in [1.165, 1.54) is 12.1 Å². The zero-order valence-corrected chi connectivity index (χ0v) is 19.4. The number of aryl methyl sites for hydroxylation is 1. The van der Waals surface area contributed by atoms with Crippen LogP contribution in [0.5, 0.6) is 0 Å². The highest BCUT2D eigenvalue weighted by Gasteiger charge is 2.32. The van der Waals surface area contributed by atoms with Crippen LogP contribution < -0.4 is 5.32 Å². The van der Waals surface area contributed by atoms with Crippen molar-refractivity contribution in [2.45, 2.75) is 32.9 Å². The molecule has 4 rings (SSSR count). The molecule has 166 valence electrons. The normalized spacial score (nSPS) is 15.4. The van der Waals surface area contributed by atoms with Crippen molar-refractivity contribution >= 4 is 52.1 Å². The Labute approximate surface area is 198 Å². The third-order valence-corrected chi connectivity index (χ3v) is 6.24. The van der Waals surface area contributed by atoms with Gasteiger partial charge in [0.2, 0.25) is 6.10 Å². The van der Waals surface area contributed by atoms with E-state index in [0.717, 1.165) is 11.3 Å². The number of oxime groups is 1. The highest BCUT2D eigenvalue weighted by Crippen LogP contribution is 2.29. The summed E-state index contributed by atoms with van der Waals surface area (Å²) in [5, 5.41) is 12.5. The Bertz CT molecular complexity index is 1200. The van der Waals surface area contributed by atoms with Crippen molar-refractivity contribution in [1.29, 1.82) is 0 Å². The molecule has 0 fully saturated rings. The van der Waals surface area contributed by atoms with Crippen LogP contribution in [0.3, 0.4) is 0 Å². The summed E-state index contributed by atoms with van der Waals surface area (Å²) in [6, 6.07) is 9.63. The Hall–Kier alpha value is -2.61. The lowest BCUT2D eigenvalue weighted by Gasteiger charge is -2.11. The van der Waals surface area contributed by atoms with Crippen molar-refractivity contribution in [3.05, 3.63) is 79.8 Å². The van der Waals surface area contributed by atoms with Crippen LogP contribution in [0.2, 0.25) is 15.1 Å². The topological polar surface area (TPSA) is 68.5 Å². The van der Waals surface area contributed by atoms with Gasteiger partial charge < -0.3 is 10.2 Å². The molecule has 0 saturated carbocycles. The molecule has 0 bridgehead atoms. The second kappa shape index (κ2) is 9.10. The van der Waals surface area contributed by atoms with Gasteiger partial charge in [-0.3, -0.25) is 9.48 Å². The van der Waals surface area contributed by atoms with Crippen LogP contribution in [0, 0.1) is 19.7 Å². The van der Waals surface area contributed by atoms with E-state index < -0.39 is 17.8 Å². The first-order valence-corrected chi connectivity index (χ1v) is 10.8. The lowest BCUT2D eigenvalue weighted by atomic mass is 10.0. The summed E-state index contributed by atoms with van der Waals surface area (Å²) in [4.78, 5) is 18.1. The van der Waals surface area contributed by atoms with E-state index in [0.29, 0.717) is 28.0 Å². The molecule has 1 N–H and O–H groups in total. The van der Waals surface area contributed by atoms with E-state index >= 15 is 0 Å². The summed E-state index contributed by atoms with van der Waals surface area (Å²) in [7, 11) is 0. The molecule has 2 heterocycles. The third-order valence-electron chi connectivity index (χ3n) is 5.21. The maximum Gasteiger partial charge on any atom is 0.268 e. The highest BCUT2D eigenvalue weighted by atomic mass is 35.5. The van der Waals surface area contributed by atoms with Gasteiger partial charge in [0.25, 0.3) is 5.91 Å². The fourth-order valence-electron chi connectivity index (χ4n) is 3.51. The summed E-state index contributed by atoms with van der Waals surface area (Å²) in [5.41, 5.74) is 3.06. The van der Waals surface area contributed by atoms with Crippen LogP contribution in [0.4, 0.5) is 10.1 Å². The standard InChI is InChI=1S/C22H18Cl3FN4O2/c1-11-21(12(2)30(28-11)10-13-14(23)5-3-6-15(13)24)27-22(31)19-9-18(29-32-19)20-16(25)7-4-8-17(20)26/h3-8,19H,9-10H2,1-2H3,(H,27,31). The molecular formula is C22H18Cl3FN4O2. The number of anilines is 1. The first-order valence-electron chi connectivity index (χ1n) is 9.71. The Morgan fingerprint density at radius 2 is 1.81 bits per heavy atom. The van der Waals surface area contributed by atoms with Crippen molar-refractivity contribution in [3.8, 4) is 0 Å². The van der Waals surface area contributed by atoms with Gasteiger partial charge in [-0.1, -0.05) is 52.1 Å². The molecular weight excluding hydrogens is 478 g/mol. The molecule has 2 aromatic carbocycles. The minimum Gasteiger partial charge on any atom is -0.382 e. The minimum absolute atomic E-state index is 0.0912. The van der Waals surface area contributed by atoms with Gasteiger partial charge in [0.05, 0.1) is 39.9 Å². The van der Waals surface area contributed by atoms with Crippen LogP contribution in [-0.4, -0.2) is 27.5 Å². The maximum atomic E-state index is 14.2. The molecule has 1 aromatic heterocycles. The van der Waals surface area contributed by atoms with E-state index in [1.807, 2.05) is 6.92 Å². The molecule has 0 saturated heterocycles. The van der Waals surface area contributed by atoms with Gasteiger partial charge >= 0.3 is 0 Å². The van der Waals surface area contributed by atoms with Crippen LogP contribution in [0.25, 0.3) is 0 Å². The van der Waals surface area contributed by atoms with Crippen molar-refractivity contribution in [2.75, 3.05) is 5.32 Å². The Balaban J connectivity index is 1.49. The summed E-state index contributed by atoms with van der Waals surface area (Å²) in [5.74, 6) is -0.940. The Morgan fingerprint density at radius 1 is 1.16 bits per heavy atom. The molecule has 1 atom stereocenters. The molecule has 6 nitrogen and oxygen atoms in total. The van der Waals surface area contributed by atoms with E-state index in [1.54, 1.807) is 35.9 Å². The van der Waals surface area contributed by atoms with Crippen LogP contribution in [0.1, 0.15) is 28.9 Å². The second-order valence-electron chi connectivity index (χ2n) is 7.33. The monoisotopic (exact) mass is 494 g/mol. The number of amides is 1. The number of nitrogens with zero attached hydrogens (tertiary/aromatic N) is 3. The number of nitrogens with one attached hydrogen (secondary N) is 1. The van der Waals surface area contributed by atoms with E-state index in [4.69, 9.17) is 39.6 Å². The van der Waals surface area contributed by atoms with Crippen molar-refractivity contribution < 1.29 is 14.0 Å². The molecule has 0 radical (unpaired) electrons. The molecule has 1 aliphatic heterocycles. The van der Waals surface area contributed by atoms with E-state index in [2.05, 4.69) is 15.6 Å². The van der Waals surface area contributed by atoms with Crippen LogP contribution >= 0.6 is 34.8 Å². The average Bonchev–Trinajstić information content (AvgIpc) is 3.32. The summed E-state index contributed by atoms with van der Waals surface area (Å²) < 4.78 is 15.9. The number of hydrogen-bond acceptors (Lipinski definition) is 4. The van der Waals surface area contributed by atoms with Gasteiger partial charge in [0, 0.05) is 22.0 Å². The van der Waals surface area contributed by atoms with Gasteiger partial charge in [-0.2, -0.15) is 5.10 Å². The fourth-order valence-corrected chi connectivity index (χ4v) is 4.30. The summed E-state index contributed by atoms with van der Waals surface area (Å²) >= 11 is 18.6. The lowest BCUT2D eigenvalue weighted by molar-refractivity contribution is -0.125. The zero-order chi connectivity index (χ0) is 23.0. The number of carbonyl (C=O) groups excluding carboxylic acids is 1. The molecule has 0 spiro atoms. The molecule has 10 heteroatoms. The quantitative estimate of drug-likeness (QED) is 0.488. The van der Waals surface area contributed by atoms with Crippen LogP contribution in [0.15, 0.2) is 41.6 Å². The SMILES string of the molecule is Cc1nn(Cc2c(Cl)cccc2Cl)c(C)c1NC(=O)C1CC(c2c(F)cccc2Cl)=NO1. The first-order chi connectivity index (χ1) is 15.3. The number of carbonyl (C=O) groups is 1. The summed E-state index contributed by atoms with van der Waals surface area (Å²) in [6.07, 6.45) is -0.825. The van der Waals surface area contributed by atoms with Gasteiger partial charge in [0.15, 0.2) is 0 Å². The second-order valence-corrected chi connectivity index (χ2v) is 8.55. The Morgan fingerprint density at radius 3 is 2.50 bits per heavy atom. The smallest absolute Gasteiger partial charge is 0.268 e. The van der Waals surface area contributed by atoms with Crippen LogP contribution in [-0.2, 0) is 16.2 Å². The van der Waals surface area contributed by atoms with Gasteiger partial charge in [-0.25, -0.2) is 4.39 Å². The predicted molar refractivity (Wildman–Crippen MR) is 123 cm³/mol. The maximum absolute atomic E-state index is 14.2. The zero-order valence-electron chi connectivity index (χ0n) is 17.1. The lowest BCUT2D eigenvalue weighted by Crippen LogP contribution is -2.28. The first kappa shape index (κ1) is 22.6. The number of halogens is 4. The number of aromatic nitrogens is 2. The third kappa shape index (κ3) is 4.33. The van der Waals surface area contributed by atoms with E-state index in [-0.39, 0.29) is 22.7 Å².